The Morgan fingerprint density at radius 3 is 2.25 bits per heavy atom. The van der Waals surface area contributed by atoms with Gasteiger partial charge in [0.05, 0.1) is 6.61 Å². The number of carbonyl (C=O) groups excluding carboxylic acids is 1. The molecule has 0 fully saturated rings. The van der Waals surface area contributed by atoms with Gasteiger partial charge in [-0.05, 0) is 12.8 Å². The van der Waals surface area contributed by atoms with Crippen LogP contribution in [0.3, 0.4) is 0 Å². The number of hydrogen-bond donors (Lipinski definition) is 3. The topological polar surface area (TPSA) is 87.0 Å². The van der Waals surface area contributed by atoms with E-state index in [1.807, 2.05) is 0 Å². The van der Waals surface area contributed by atoms with Crippen LogP contribution in [-0.2, 0) is 9.53 Å². The summed E-state index contributed by atoms with van der Waals surface area (Å²) in [6.07, 6.45) is 5.22. The zero-order valence-electron chi connectivity index (χ0n) is 9.39. The highest BCUT2D eigenvalue weighted by Crippen LogP contribution is 2.09. The van der Waals surface area contributed by atoms with Gasteiger partial charge in [0.15, 0.2) is 0 Å². The van der Waals surface area contributed by atoms with E-state index in [-0.39, 0.29) is 6.04 Å². The summed E-state index contributed by atoms with van der Waals surface area (Å²) in [5.74, 6) is -0.406. The molecule has 0 saturated carbocycles. The van der Waals surface area contributed by atoms with E-state index in [1.54, 1.807) is 0 Å². The van der Waals surface area contributed by atoms with Gasteiger partial charge >= 0.3 is 14.8 Å². The third kappa shape index (κ3) is 11.4. The van der Waals surface area contributed by atoms with Gasteiger partial charge in [0.2, 0.25) is 0 Å². The Labute approximate surface area is 96.7 Å². The zero-order valence-corrected chi connectivity index (χ0v) is 10.4. The molecular weight excluding hydrogens is 228 g/mol. The molecule has 0 bridgehead atoms. The normalized spacial score (nSPS) is 11.2. The minimum atomic E-state index is -3.83. The van der Waals surface area contributed by atoms with Crippen LogP contribution in [0.1, 0.15) is 32.1 Å². The highest BCUT2D eigenvalue weighted by atomic mass is 28.4. The smallest absolute Gasteiger partial charge is 0.463 e. The Hall–Kier alpha value is -0.693. The molecule has 0 aromatic rings. The summed E-state index contributed by atoms with van der Waals surface area (Å²) in [4.78, 5) is 36.8. The van der Waals surface area contributed by atoms with Crippen LogP contribution in [0.2, 0.25) is 6.04 Å². The molecule has 3 N–H and O–H groups in total. The molecule has 0 atom stereocenters. The van der Waals surface area contributed by atoms with E-state index >= 15 is 0 Å². The van der Waals surface area contributed by atoms with Gasteiger partial charge in [0, 0.05) is 12.1 Å². The predicted molar refractivity (Wildman–Crippen MR) is 61.5 cm³/mol. The van der Waals surface area contributed by atoms with Gasteiger partial charge in [-0.25, -0.2) is 4.79 Å². The summed E-state index contributed by atoms with van der Waals surface area (Å²) in [5, 5.41) is 0. The lowest BCUT2D eigenvalue weighted by atomic mass is 10.2. The average molecular weight is 248 g/mol. The van der Waals surface area contributed by atoms with Gasteiger partial charge in [-0.2, -0.15) is 0 Å². The standard InChI is InChI=1S/C10H20O5Si/c1-2-10(11)15-8-6-4-3-5-7-9-16(12,13)14/h2,12-14H,1,3-9H2. The zero-order chi connectivity index (χ0) is 12.4. The summed E-state index contributed by atoms with van der Waals surface area (Å²) >= 11 is 0. The quantitative estimate of drug-likeness (QED) is 0.240. The molecule has 0 aromatic heterocycles. The first kappa shape index (κ1) is 15.3. The molecule has 0 aromatic carbocycles. The molecule has 0 aliphatic rings. The van der Waals surface area contributed by atoms with Gasteiger partial charge in [-0.3, -0.25) is 0 Å². The van der Waals surface area contributed by atoms with E-state index in [0.717, 1.165) is 31.8 Å². The van der Waals surface area contributed by atoms with Crippen LogP contribution in [0.25, 0.3) is 0 Å². The Kier molecular flexibility index (Phi) is 8.09. The summed E-state index contributed by atoms with van der Waals surface area (Å²) < 4.78 is 4.78. The number of carbonyl (C=O) groups is 1. The van der Waals surface area contributed by atoms with E-state index in [2.05, 4.69) is 6.58 Å². The molecule has 0 amide bonds. The number of ether oxygens (including phenoxy) is 1. The van der Waals surface area contributed by atoms with Crippen molar-refractivity contribution < 1.29 is 23.9 Å². The Morgan fingerprint density at radius 2 is 1.69 bits per heavy atom. The third-order valence-corrected chi connectivity index (χ3v) is 3.09. The van der Waals surface area contributed by atoms with Crippen molar-refractivity contribution in [2.24, 2.45) is 0 Å². The Morgan fingerprint density at radius 1 is 1.12 bits per heavy atom. The maximum atomic E-state index is 10.6. The van der Waals surface area contributed by atoms with Gasteiger partial charge in [-0.1, -0.05) is 25.8 Å². The maximum Gasteiger partial charge on any atom is 0.492 e. The van der Waals surface area contributed by atoms with Crippen molar-refractivity contribution in [2.45, 2.75) is 38.1 Å². The first-order valence-electron chi connectivity index (χ1n) is 5.42. The van der Waals surface area contributed by atoms with Crippen LogP contribution in [0.4, 0.5) is 0 Å². The van der Waals surface area contributed by atoms with Gasteiger partial charge in [0.25, 0.3) is 0 Å². The average Bonchev–Trinajstić information content (AvgIpc) is 2.20. The van der Waals surface area contributed by atoms with E-state index in [0.29, 0.717) is 13.0 Å². The number of esters is 1. The Bertz CT molecular complexity index is 212. The molecule has 0 saturated heterocycles. The van der Waals surface area contributed by atoms with Crippen molar-refractivity contribution in [3.63, 3.8) is 0 Å². The van der Waals surface area contributed by atoms with Crippen molar-refractivity contribution in [1.82, 2.24) is 0 Å². The van der Waals surface area contributed by atoms with Crippen molar-refractivity contribution in [3.8, 4) is 0 Å². The maximum absolute atomic E-state index is 10.6. The fraction of sp³-hybridized carbons (Fsp3) is 0.700. The van der Waals surface area contributed by atoms with Crippen LogP contribution in [0.5, 0.6) is 0 Å². The van der Waals surface area contributed by atoms with Crippen LogP contribution in [0, 0.1) is 0 Å². The van der Waals surface area contributed by atoms with Crippen molar-refractivity contribution in [1.29, 1.82) is 0 Å². The van der Waals surface area contributed by atoms with Gasteiger partial charge in [-0.15, -0.1) is 0 Å². The molecule has 0 unspecified atom stereocenters. The first-order chi connectivity index (χ1) is 7.45. The van der Waals surface area contributed by atoms with E-state index in [4.69, 9.17) is 19.1 Å². The predicted octanol–water partition coefficient (Wildman–Crippen LogP) is 0.582. The molecule has 16 heavy (non-hydrogen) atoms. The molecule has 0 heterocycles. The number of hydrogen-bond acceptors (Lipinski definition) is 5. The molecule has 0 rings (SSSR count). The summed E-state index contributed by atoms with van der Waals surface area (Å²) in [5.41, 5.74) is 0. The lowest BCUT2D eigenvalue weighted by Crippen LogP contribution is -2.33. The van der Waals surface area contributed by atoms with Crippen LogP contribution >= 0.6 is 0 Å². The monoisotopic (exact) mass is 248 g/mol. The van der Waals surface area contributed by atoms with Crippen LogP contribution in [-0.4, -0.2) is 35.8 Å². The molecule has 0 radical (unpaired) electrons. The van der Waals surface area contributed by atoms with Crippen molar-refractivity contribution in [3.05, 3.63) is 12.7 Å². The van der Waals surface area contributed by atoms with Crippen LogP contribution in [0.15, 0.2) is 12.7 Å². The SMILES string of the molecule is C=CC(=O)OCCCCCCC[Si](O)(O)O. The first-order valence-corrected chi connectivity index (χ1v) is 7.47. The second-order valence-electron chi connectivity index (χ2n) is 3.66. The van der Waals surface area contributed by atoms with E-state index in [9.17, 15) is 4.79 Å². The van der Waals surface area contributed by atoms with Gasteiger partial charge in [0.1, 0.15) is 0 Å². The fourth-order valence-electron chi connectivity index (χ4n) is 1.23. The van der Waals surface area contributed by atoms with Crippen molar-refractivity contribution >= 4 is 14.8 Å². The molecular formula is C10H20O5Si. The van der Waals surface area contributed by atoms with Crippen molar-refractivity contribution in [2.75, 3.05) is 6.61 Å². The van der Waals surface area contributed by atoms with Crippen LogP contribution < -0.4 is 0 Å². The second-order valence-corrected chi connectivity index (χ2v) is 5.71. The minimum Gasteiger partial charge on any atom is -0.463 e. The molecule has 0 aliphatic heterocycles. The molecule has 0 spiro atoms. The molecule has 6 heteroatoms. The summed E-state index contributed by atoms with van der Waals surface area (Å²) in [6.45, 7) is 3.67. The minimum absolute atomic E-state index is 0.0957. The molecule has 0 aliphatic carbocycles. The highest BCUT2D eigenvalue weighted by Gasteiger charge is 2.25. The van der Waals surface area contributed by atoms with E-state index in [1.165, 1.54) is 0 Å². The molecule has 94 valence electrons. The summed E-state index contributed by atoms with van der Waals surface area (Å²) in [7, 11) is -3.83. The van der Waals surface area contributed by atoms with E-state index < -0.39 is 14.8 Å². The second kappa shape index (κ2) is 8.46. The molecule has 5 nitrogen and oxygen atoms in total. The third-order valence-electron chi connectivity index (χ3n) is 2.07. The Balaban J connectivity index is 3.16. The largest absolute Gasteiger partial charge is 0.492 e. The summed E-state index contributed by atoms with van der Waals surface area (Å²) in [6, 6.07) is 0.0957. The lowest BCUT2D eigenvalue weighted by Gasteiger charge is -2.08. The number of rotatable bonds is 9. The fourth-order valence-corrected chi connectivity index (χ4v) is 1.95. The lowest BCUT2D eigenvalue weighted by molar-refractivity contribution is -0.137. The number of unbranched alkanes of at least 4 members (excludes halogenated alkanes) is 4. The van der Waals surface area contributed by atoms with Gasteiger partial charge < -0.3 is 19.1 Å². The highest BCUT2D eigenvalue weighted by molar-refractivity contribution is 6.56.